The average Bonchev–Trinajstić information content (AvgIpc) is 3.47. The van der Waals surface area contributed by atoms with Gasteiger partial charge in [0.25, 0.3) is 5.91 Å². The molecule has 32 heavy (non-hydrogen) atoms. The summed E-state index contributed by atoms with van der Waals surface area (Å²) in [5.74, 6) is -2.59. The molecule has 8 nitrogen and oxygen atoms in total. The van der Waals surface area contributed by atoms with Gasteiger partial charge in [-0.05, 0) is 41.8 Å². The molecule has 0 aliphatic rings. The van der Waals surface area contributed by atoms with E-state index in [1.165, 1.54) is 52.4 Å². The molecule has 162 valence electrons. The molecule has 2 N–H and O–H groups in total. The van der Waals surface area contributed by atoms with E-state index < -0.39 is 30.1 Å². The summed E-state index contributed by atoms with van der Waals surface area (Å²) in [6.07, 6.45) is 0. The Kier molecular flexibility index (Phi) is 6.17. The summed E-state index contributed by atoms with van der Waals surface area (Å²) < 4.78 is 33.6. The quantitative estimate of drug-likeness (QED) is 0.436. The molecule has 2 amide bonds. The number of hydrogen-bond acceptors (Lipinski definition) is 6. The Morgan fingerprint density at radius 2 is 1.88 bits per heavy atom. The number of amides is 2. The lowest BCUT2D eigenvalue weighted by Crippen LogP contribution is -2.44. The van der Waals surface area contributed by atoms with E-state index >= 15 is 0 Å². The molecule has 0 saturated heterocycles. The molecule has 2 aromatic carbocycles. The van der Waals surface area contributed by atoms with Gasteiger partial charge in [0.1, 0.15) is 5.82 Å². The molecular weight excluding hydrogens is 440 g/mol. The van der Waals surface area contributed by atoms with Crippen molar-refractivity contribution >= 4 is 23.2 Å². The number of thiophene rings is 1. The van der Waals surface area contributed by atoms with E-state index in [4.69, 9.17) is 4.74 Å². The number of nitrogens with zero attached hydrogens (tertiary/aromatic N) is 3. The minimum Gasteiger partial charge on any atom is -0.481 e. The number of hydrazine groups is 1. The first-order chi connectivity index (χ1) is 15.5. The average molecular weight is 455 g/mol. The predicted molar refractivity (Wildman–Crippen MR) is 112 cm³/mol. The standard InChI is InChI=1S/C21H15F2N5O3S/c22-13-5-3-6-14(11-13)28-20(17-9-4-10-32-17)24-19(27-28)21(30)26-25-18(29)12-31-16-8-2-1-7-15(16)23/h1-11H,12H2,(H,25,29)(H,26,30). The van der Waals surface area contributed by atoms with Gasteiger partial charge >= 0.3 is 5.91 Å². The van der Waals surface area contributed by atoms with E-state index in [0.717, 1.165) is 0 Å². The van der Waals surface area contributed by atoms with Gasteiger partial charge in [-0.2, -0.15) is 0 Å². The number of halogens is 2. The molecule has 0 spiro atoms. The lowest BCUT2D eigenvalue weighted by molar-refractivity contribution is -0.123. The first-order valence-electron chi connectivity index (χ1n) is 9.24. The fraction of sp³-hybridized carbons (Fsp3) is 0.0476. The highest BCUT2D eigenvalue weighted by atomic mass is 32.1. The monoisotopic (exact) mass is 455 g/mol. The van der Waals surface area contributed by atoms with E-state index in [-0.39, 0.29) is 11.6 Å². The van der Waals surface area contributed by atoms with Crippen molar-refractivity contribution in [1.29, 1.82) is 0 Å². The molecule has 0 aliphatic carbocycles. The Bertz CT molecular complexity index is 1260. The van der Waals surface area contributed by atoms with Gasteiger partial charge in [-0.25, -0.2) is 18.4 Å². The molecule has 0 aliphatic heterocycles. The summed E-state index contributed by atoms with van der Waals surface area (Å²) in [5.41, 5.74) is 4.70. The second kappa shape index (κ2) is 9.35. The van der Waals surface area contributed by atoms with Crippen molar-refractivity contribution in [3.05, 3.63) is 83.5 Å². The van der Waals surface area contributed by atoms with Crippen LogP contribution in [-0.2, 0) is 4.79 Å². The SMILES string of the molecule is O=C(COc1ccccc1F)NNC(=O)c1nc(-c2cccs2)n(-c2cccc(F)c2)n1. The van der Waals surface area contributed by atoms with Crippen molar-refractivity contribution in [2.24, 2.45) is 0 Å². The second-order valence-corrected chi connectivity index (χ2v) is 7.30. The lowest BCUT2D eigenvalue weighted by atomic mass is 10.3. The van der Waals surface area contributed by atoms with Crippen LogP contribution in [-0.4, -0.2) is 33.2 Å². The van der Waals surface area contributed by atoms with Crippen molar-refractivity contribution in [2.75, 3.05) is 6.61 Å². The smallest absolute Gasteiger partial charge is 0.309 e. The maximum absolute atomic E-state index is 13.7. The first-order valence-corrected chi connectivity index (χ1v) is 10.1. The largest absolute Gasteiger partial charge is 0.481 e. The maximum Gasteiger partial charge on any atom is 0.309 e. The van der Waals surface area contributed by atoms with Crippen LogP contribution >= 0.6 is 11.3 Å². The molecular formula is C21H15F2N5O3S. The molecule has 0 saturated carbocycles. The number of hydrogen-bond donors (Lipinski definition) is 2. The maximum atomic E-state index is 13.7. The van der Waals surface area contributed by atoms with Crippen molar-refractivity contribution in [2.45, 2.75) is 0 Å². The topological polar surface area (TPSA) is 98.1 Å². The molecule has 0 bridgehead atoms. The van der Waals surface area contributed by atoms with Crippen LogP contribution in [0.25, 0.3) is 16.4 Å². The summed E-state index contributed by atoms with van der Waals surface area (Å²) >= 11 is 1.37. The fourth-order valence-electron chi connectivity index (χ4n) is 2.69. The Labute approximate surface area is 184 Å². The molecule has 0 fully saturated rings. The van der Waals surface area contributed by atoms with Crippen LogP contribution < -0.4 is 15.6 Å². The van der Waals surface area contributed by atoms with Crippen molar-refractivity contribution in [1.82, 2.24) is 25.6 Å². The summed E-state index contributed by atoms with van der Waals surface area (Å²) in [6, 6.07) is 14.9. The number of benzene rings is 2. The number of nitrogens with one attached hydrogen (secondary N) is 2. The van der Waals surface area contributed by atoms with Gasteiger partial charge in [-0.1, -0.05) is 24.3 Å². The van der Waals surface area contributed by atoms with Gasteiger partial charge in [0, 0.05) is 0 Å². The van der Waals surface area contributed by atoms with Crippen LogP contribution in [0.1, 0.15) is 10.6 Å². The van der Waals surface area contributed by atoms with E-state index in [9.17, 15) is 18.4 Å². The molecule has 4 rings (SSSR count). The van der Waals surface area contributed by atoms with Crippen LogP contribution in [0.2, 0.25) is 0 Å². The number of carbonyl (C=O) groups excluding carboxylic acids is 2. The highest BCUT2D eigenvalue weighted by Gasteiger charge is 2.20. The number of para-hydroxylation sites is 1. The Morgan fingerprint density at radius 3 is 2.62 bits per heavy atom. The number of ether oxygens (including phenoxy) is 1. The third kappa shape index (κ3) is 4.78. The van der Waals surface area contributed by atoms with E-state index in [1.807, 2.05) is 5.38 Å². The number of aromatic nitrogens is 3. The zero-order valence-electron chi connectivity index (χ0n) is 16.3. The molecule has 0 radical (unpaired) electrons. The number of carbonyl (C=O) groups is 2. The molecule has 2 aromatic heterocycles. The van der Waals surface area contributed by atoms with Crippen LogP contribution in [0.5, 0.6) is 5.75 Å². The summed E-state index contributed by atoms with van der Waals surface area (Å²) in [7, 11) is 0. The van der Waals surface area contributed by atoms with Crippen molar-refractivity contribution in [3.63, 3.8) is 0 Å². The highest BCUT2D eigenvalue weighted by molar-refractivity contribution is 7.13. The second-order valence-electron chi connectivity index (χ2n) is 6.35. The first kappa shape index (κ1) is 21.1. The van der Waals surface area contributed by atoms with Crippen molar-refractivity contribution < 1.29 is 23.1 Å². The minimum atomic E-state index is -0.794. The minimum absolute atomic E-state index is 0.0925. The Hall–Kier alpha value is -4.12. The van der Waals surface area contributed by atoms with Gasteiger partial charge in [-0.15, -0.1) is 16.4 Å². The third-order valence-corrected chi connectivity index (χ3v) is 4.98. The van der Waals surface area contributed by atoms with Gasteiger partial charge in [0.05, 0.1) is 10.6 Å². The van der Waals surface area contributed by atoms with Crippen molar-refractivity contribution in [3.8, 4) is 22.1 Å². The fourth-order valence-corrected chi connectivity index (χ4v) is 3.38. The Morgan fingerprint density at radius 1 is 1.03 bits per heavy atom. The van der Waals surface area contributed by atoms with Crippen LogP contribution in [0.4, 0.5) is 8.78 Å². The zero-order valence-corrected chi connectivity index (χ0v) is 17.1. The molecule has 4 aromatic rings. The molecule has 11 heteroatoms. The van der Waals surface area contributed by atoms with E-state index in [0.29, 0.717) is 16.4 Å². The molecule has 2 heterocycles. The van der Waals surface area contributed by atoms with Gasteiger partial charge in [0.15, 0.2) is 24.0 Å². The van der Waals surface area contributed by atoms with Gasteiger partial charge < -0.3 is 4.74 Å². The molecule has 0 atom stereocenters. The zero-order chi connectivity index (χ0) is 22.5. The van der Waals surface area contributed by atoms with Crippen LogP contribution in [0.15, 0.2) is 66.0 Å². The summed E-state index contributed by atoms with van der Waals surface area (Å²) in [5, 5.41) is 5.99. The third-order valence-electron chi connectivity index (χ3n) is 4.12. The summed E-state index contributed by atoms with van der Waals surface area (Å²) in [6.45, 7) is -0.521. The lowest BCUT2D eigenvalue weighted by Gasteiger charge is -2.08. The van der Waals surface area contributed by atoms with E-state index in [2.05, 4.69) is 20.9 Å². The van der Waals surface area contributed by atoms with Gasteiger partial charge in [0.2, 0.25) is 5.82 Å². The van der Waals surface area contributed by atoms with Crippen LogP contribution in [0, 0.1) is 11.6 Å². The summed E-state index contributed by atoms with van der Waals surface area (Å²) in [4.78, 5) is 29.3. The van der Waals surface area contributed by atoms with Gasteiger partial charge in [-0.3, -0.25) is 20.4 Å². The Balaban J connectivity index is 1.46. The molecule has 0 unspecified atom stereocenters. The highest BCUT2D eigenvalue weighted by Crippen LogP contribution is 2.25. The van der Waals surface area contributed by atoms with Crippen LogP contribution in [0.3, 0.4) is 0 Å². The normalized spacial score (nSPS) is 10.6. The predicted octanol–water partition coefficient (Wildman–Crippen LogP) is 3.11. The van der Waals surface area contributed by atoms with E-state index in [1.54, 1.807) is 24.3 Å². The number of rotatable bonds is 6.